The van der Waals surface area contributed by atoms with E-state index in [-0.39, 0.29) is 11.9 Å². The molecule has 1 saturated heterocycles. The molecule has 4 heteroatoms. The van der Waals surface area contributed by atoms with Crippen molar-refractivity contribution in [2.45, 2.75) is 19.9 Å². The Labute approximate surface area is 110 Å². The SMILES string of the molecule is Cc1c(Br)cccc1C(=O)N1CC(C)C(N)C1. The van der Waals surface area contributed by atoms with Crippen LogP contribution in [0.2, 0.25) is 0 Å². The van der Waals surface area contributed by atoms with Gasteiger partial charge < -0.3 is 10.6 Å². The summed E-state index contributed by atoms with van der Waals surface area (Å²) < 4.78 is 0.972. The molecule has 0 saturated carbocycles. The summed E-state index contributed by atoms with van der Waals surface area (Å²) in [5.41, 5.74) is 7.71. The molecule has 2 unspecified atom stereocenters. The van der Waals surface area contributed by atoms with E-state index >= 15 is 0 Å². The van der Waals surface area contributed by atoms with Crippen LogP contribution in [0, 0.1) is 12.8 Å². The highest BCUT2D eigenvalue weighted by Gasteiger charge is 2.30. The summed E-state index contributed by atoms with van der Waals surface area (Å²) in [6.45, 7) is 5.46. The molecule has 0 spiro atoms. The molecule has 1 aliphatic heterocycles. The van der Waals surface area contributed by atoms with Gasteiger partial charge in [-0.25, -0.2) is 0 Å². The number of carbonyl (C=O) groups is 1. The summed E-state index contributed by atoms with van der Waals surface area (Å²) in [6, 6.07) is 5.82. The fourth-order valence-corrected chi connectivity index (χ4v) is 2.53. The molecule has 17 heavy (non-hydrogen) atoms. The van der Waals surface area contributed by atoms with Gasteiger partial charge in [0, 0.05) is 29.2 Å². The van der Waals surface area contributed by atoms with E-state index in [9.17, 15) is 4.79 Å². The minimum absolute atomic E-state index is 0.0867. The Balaban J connectivity index is 2.24. The molecule has 1 amide bonds. The summed E-state index contributed by atoms with van der Waals surface area (Å²) in [7, 11) is 0. The molecule has 0 aromatic heterocycles. The Bertz CT molecular complexity index is 437. The molecule has 2 N–H and O–H groups in total. The van der Waals surface area contributed by atoms with Gasteiger partial charge in [0.1, 0.15) is 0 Å². The summed E-state index contributed by atoms with van der Waals surface area (Å²) in [6.07, 6.45) is 0. The number of halogens is 1. The lowest BCUT2D eigenvalue weighted by molar-refractivity contribution is 0.0786. The van der Waals surface area contributed by atoms with Crippen LogP contribution in [0.1, 0.15) is 22.8 Å². The molecule has 92 valence electrons. The molecular weight excluding hydrogens is 280 g/mol. The zero-order valence-corrected chi connectivity index (χ0v) is 11.7. The topological polar surface area (TPSA) is 46.3 Å². The molecule has 1 aliphatic rings. The van der Waals surface area contributed by atoms with E-state index in [0.29, 0.717) is 12.5 Å². The van der Waals surface area contributed by atoms with Crippen LogP contribution in [-0.4, -0.2) is 29.9 Å². The van der Waals surface area contributed by atoms with Crippen LogP contribution >= 0.6 is 15.9 Å². The molecule has 1 aromatic carbocycles. The first kappa shape index (κ1) is 12.6. The molecule has 1 fully saturated rings. The van der Waals surface area contributed by atoms with Crippen LogP contribution in [0.4, 0.5) is 0 Å². The number of benzene rings is 1. The standard InChI is InChI=1S/C13H17BrN2O/c1-8-6-16(7-12(8)15)13(17)10-4-3-5-11(14)9(10)2/h3-5,8,12H,6-7,15H2,1-2H3. The predicted molar refractivity (Wildman–Crippen MR) is 71.9 cm³/mol. The van der Waals surface area contributed by atoms with Crippen LogP contribution < -0.4 is 5.73 Å². The van der Waals surface area contributed by atoms with E-state index in [1.54, 1.807) is 0 Å². The highest BCUT2D eigenvalue weighted by atomic mass is 79.9. The zero-order valence-electron chi connectivity index (χ0n) is 10.1. The summed E-state index contributed by atoms with van der Waals surface area (Å²) in [4.78, 5) is 14.2. The Hall–Kier alpha value is -0.870. The Morgan fingerprint density at radius 2 is 2.18 bits per heavy atom. The van der Waals surface area contributed by atoms with Crippen molar-refractivity contribution in [3.05, 3.63) is 33.8 Å². The first-order valence-corrected chi connectivity index (χ1v) is 6.60. The Morgan fingerprint density at radius 1 is 1.47 bits per heavy atom. The molecule has 0 bridgehead atoms. The van der Waals surface area contributed by atoms with Gasteiger partial charge in [-0.1, -0.05) is 28.9 Å². The molecule has 0 radical (unpaired) electrons. The van der Waals surface area contributed by atoms with Gasteiger partial charge in [0.05, 0.1) is 0 Å². The van der Waals surface area contributed by atoms with Crippen molar-refractivity contribution in [1.82, 2.24) is 4.90 Å². The molecular formula is C13H17BrN2O. The highest BCUT2D eigenvalue weighted by Crippen LogP contribution is 2.23. The monoisotopic (exact) mass is 296 g/mol. The third-order valence-electron chi connectivity index (χ3n) is 3.46. The van der Waals surface area contributed by atoms with E-state index in [0.717, 1.165) is 22.1 Å². The third-order valence-corrected chi connectivity index (χ3v) is 4.31. The smallest absolute Gasteiger partial charge is 0.254 e. The summed E-state index contributed by atoms with van der Waals surface area (Å²) in [5.74, 6) is 0.468. The minimum Gasteiger partial charge on any atom is -0.337 e. The number of nitrogens with two attached hydrogens (primary N) is 1. The van der Waals surface area contributed by atoms with Crippen molar-refractivity contribution in [2.24, 2.45) is 11.7 Å². The zero-order chi connectivity index (χ0) is 12.6. The second kappa shape index (κ2) is 4.78. The van der Waals surface area contributed by atoms with Crippen molar-refractivity contribution < 1.29 is 4.79 Å². The normalized spacial score (nSPS) is 24.1. The number of nitrogens with zero attached hydrogens (tertiary/aromatic N) is 1. The van der Waals surface area contributed by atoms with Crippen molar-refractivity contribution in [3.63, 3.8) is 0 Å². The van der Waals surface area contributed by atoms with Crippen LogP contribution in [0.3, 0.4) is 0 Å². The van der Waals surface area contributed by atoms with Crippen molar-refractivity contribution in [3.8, 4) is 0 Å². The van der Waals surface area contributed by atoms with Gasteiger partial charge in [-0.05, 0) is 30.5 Å². The van der Waals surface area contributed by atoms with E-state index in [1.165, 1.54) is 0 Å². The van der Waals surface area contributed by atoms with Crippen molar-refractivity contribution in [2.75, 3.05) is 13.1 Å². The molecule has 2 rings (SSSR count). The van der Waals surface area contributed by atoms with Gasteiger partial charge >= 0.3 is 0 Å². The number of hydrogen-bond donors (Lipinski definition) is 1. The van der Waals surface area contributed by atoms with E-state index in [1.807, 2.05) is 30.0 Å². The van der Waals surface area contributed by atoms with E-state index in [2.05, 4.69) is 22.9 Å². The maximum atomic E-state index is 12.4. The Kier molecular flexibility index (Phi) is 3.54. The van der Waals surface area contributed by atoms with Gasteiger partial charge in [-0.3, -0.25) is 4.79 Å². The lowest BCUT2D eigenvalue weighted by Crippen LogP contribution is -2.32. The van der Waals surface area contributed by atoms with Crippen molar-refractivity contribution >= 4 is 21.8 Å². The average molecular weight is 297 g/mol. The number of carbonyl (C=O) groups excluding carboxylic acids is 1. The maximum Gasteiger partial charge on any atom is 0.254 e. The second-order valence-electron chi connectivity index (χ2n) is 4.76. The van der Waals surface area contributed by atoms with Crippen LogP contribution in [0.5, 0.6) is 0 Å². The van der Waals surface area contributed by atoms with Gasteiger partial charge in [-0.2, -0.15) is 0 Å². The van der Waals surface area contributed by atoms with Gasteiger partial charge in [0.25, 0.3) is 5.91 Å². The number of amides is 1. The molecule has 3 nitrogen and oxygen atoms in total. The molecule has 2 atom stereocenters. The number of hydrogen-bond acceptors (Lipinski definition) is 2. The fourth-order valence-electron chi connectivity index (χ4n) is 2.17. The van der Waals surface area contributed by atoms with Crippen molar-refractivity contribution in [1.29, 1.82) is 0 Å². The maximum absolute atomic E-state index is 12.4. The molecule has 1 aromatic rings. The average Bonchev–Trinajstić information content (AvgIpc) is 2.62. The molecule has 1 heterocycles. The lowest BCUT2D eigenvalue weighted by atomic mass is 10.1. The highest BCUT2D eigenvalue weighted by molar-refractivity contribution is 9.10. The van der Waals surface area contributed by atoms with E-state index in [4.69, 9.17) is 5.73 Å². The van der Waals surface area contributed by atoms with Crippen LogP contribution in [0.25, 0.3) is 0 Å². The minimum atomic E-state index is 0.0867. The predicted octanol–water partition coefficient (Wildman–Crippen LogP) is 2.18. The second-order valence-corrected chi connectivity index (χ2v) is 5.62. The lowest BCUT2D eigenvalue weighted by Gasteiger charge is -2.17. The van der Waals surface area contributed by atoms with Gasteiger partial charge in [0.2, 0.25) is 0 Å². The van der Waals surface area contributed by atoms with Crippen LogP contribution in [0.15, 0.2) is 22.7 Å². The van der Waals surface area contributed by atoms with Gasteiger partial charge in [0.15, 0.2) is 0 Å². The molecule has 0 aliphatic carbocycles. The number of rotatable bonds is 1. The number of likely N-dealkylation sites (tertiary alicyclic amines) is 1. The Morgan fingerprint density at radius 3 is 2.76 bits per heavy atom. The van der Waals surface area contributed by atoms with Crippen LogP contribution in [-0.2, 0) is 0 Å². The third kappa shape index (κ3) is 2.38. The largest absolute Gasteiger partial charge is 0.337 e. The summed E-state index contributed by atoms with van der Waals surface area (Å²) in [5, 5.41) is 0. The summed E-state index contributed by atoms with van der Waals surface area (Å²) >= 11 is 3.45. The van der Waals surface area contributed by atoms with Gasteiger partial charge in [-0.15, -0.1) is 0 Å². The quantitative estimate of drug-likeness (QED) is 0.863. The first-order valence-electron chi connectivity index (χ1n) is 5.80. The van der Waals surface area contributed by atoms with E-state index < -0.39 is 0 Å². The fraction of sp³-hybridized carbons (Fsp3) is 0.462. The first-order chi connectivity index (χ1) is 8.00.